The lowest BCUT2D eigenvalue weighted by molar-refractivity contribution is 0.545. The molecule has 1 aliphatic heterocycles. The Kier molecular flexibility index (Phi) is 7.24. The topological polar surface area (TPSA) is 58.3 Å². The van der Waals surface area contributed by atoms with Crippen molar-refractivity contribution in [2.24, 2.45) is 10.9 Å². The van der Waals surface area contributed by atoms with E-state index in [4.69, 9.17) is 15.0 Å². The minimum absolute atomic E-state index is 0.145. The number of allylic oxidation sites excluding steroid dienone is 3. The van der Waals surface area contributed by atoms with Crippen LogP contribution in [0.15, 0.2) is 150 Å². The van der Waals surface area contributed by atoms with Gasteiger partial charge in [0.25, 0.3) is 0 Å². The Morgan fingerprint density at radius 3 is 2.25 bits per heavy atom. The molecule has 4 heterocycles. The van der Waals surface area contributed by atoms with Crippen LogP contribution < -0.4 is 10.2 Å². The van der Waals surface area contributed by atoms with Gasteiger partial charge in [0.05, 0.1) is 21.4 Å². The lowest BCUT2D eigenvalue weighted by Crippen LogP contribution is -2.31. The first-order valence-corrected chi connectivity index (χ1v) is 18.4. The van der Waals surface area contributed by atoms with Crippen LogP contribution in [0.5, 0.6) is 0 Å². The van der Waals surface area contributed by atoms with Crippen molar-refractivity contribution in [1.29, 1.82) is 0 Å². The number of hydrogen-bond acceptors (Lipinski definition) is 6. The summed E-state index contributed by atoms with van der Waals surface area (Å²) in [4.78, 5) is 19.5. The van der Waals surface area contributed by atoms with Crippen LogP contribution in [0, 0.1) is 5.92 Å². The average Bonchev–Trinajstić information content (AvgIpc) is 3.74. The number of para-hydroxylation sites is 3. The maximum atomic E-state index is 5.37. The fraction of sp³-hybridized carbons (Fsp3) is 0.114. The Morgan fingerprint density at radius 1 is 0.784 bits per heavy atom. The number of nitrogens with zero attached hydrogens (tertiary/aromatic N) is 5. The monoisotopic (exact) mass is 678 g/mol. The SMILES string of the molecule is C1=Cc2sc3c(-c4ccccc4)nc(-n4c5c(c6ccccc64)C=NC(C4C=CC(N(c6ccccc6)c6ccccc6)=CC4)N5)nc3c2CC1. The first-order valence-electron chi connectivity index (χ1n) is 17.6. The van der Waals surface area contributed by atoms with Crippen LogP contribution in [0.25, 0.3) is 44.4 Å². The van der Waals surface area contributed by atoms with E-state index in [0.717, 1.165) is 80.1 Å². The minimum atomic E-state index is -0.145. The number of aryl methyl sites for hydroxylation is 1. The molecule has 2 aliphatic carbocycles. The van der Waals surface area contributed by atoms with Gasteiger partial charge < -0.3 is 10.2 Å². The zero-order chi connectivity index (χ0) is 33.7. The van der Waals surface area contributed by atoms with E-state index < -0.39 is 0 Å². The zero-order valence-electron chi connectivity index (χ0n) is 27.9. The van der Waals surface area contributed by atoms with Crippen LogP contribution in [-0.2, 0) is 6.42 Å². The second-order valence-corrected chi connectivity index (χ2v) is 14.2. The van der Waals surface area contributed by atoms with Crippen molar-refractivity contribution in [3.8, 4) is 17.2 Å². The van der Waals surface area contributed by atoms with Gasteiger partial charge in [-0.25, -0.2) is 9.97 Å². The molecular formula is C44H34N6S. The predicted molar refractivity (Wildman–Crippen MR) is 212 cm³/mol. The highest BCUT2D eigenvalue weighted by atomic mass is 32.1. The molecule has 2 unspecified atom stereocenters. The largest absolute Gasteiger partial charge is 0.348 e. The quantitative estimate of drug-likeness (QED) is 0.190. The summed E-state index contributed by atoms with van der Waals surface area (Å²) >= 11 is 1.80. The molecule has 0 radical (unpaired) electrons. The normalized spacial score (nSPS) is 17.6. The van der Waals surface area contributed by atoms with Crippen molar-refractivity contribution in [1.82, 2.24) is 14.5 Å². The molecule has 2 atom stereocenters. The van der Waals surface area contributed by atoms with Crippen LogP contribution in [0.1, 0.15) is 28.8 Å². The number of fused-ring (bicyclic) bond motifs is 6. The first-order chi connectivity index (χ1) is 25.3. The highest BCUT2D eigenvalue weighted by Crippen LogP contribution is 2.42. The van der Waals surface area contributed by atoms with Crippen LogP contribution in [0.2, 0.25) is 0 Å². The van der Waals surface area contributed by atoms with Crippen molar-refractivity contribution >= 4 is 61.9 Å². The standard InChI is InChI=1S/C44H34N6S/c1-4-14-29(15-5-1)39-41-40(35-21-11-13-23-38(35)51-41)47-44(46-39)50-37-22-12-10-20-34(37)36-28-45-42(48-43(36)50)30-24-26-33(27-25-30)49(31-16-6-2-7-17-31)32-18-8-3-9-19-32/h1-10,12-20,22-24,26-28,30,42,48H,11,21,25H2. The third kappa shape index (κ3) is 5.12. The molecule has 0 amide bonds. The maximum Gasteiger partial charge on any atom is 0.237 e. The smallest absolute Gasteiger partial charge is 0.237 e. The third-order valence-corrected chi connectivity index (χ3v) is 11.3. The molecule has 3 aromatic heterocycles. The van der Waals surface area contributed by atoms with E-state index in [2.05, 4.69) is 167 Å². The Bertz CT molecular complexity index is 2500. The second kappa shape index (κ2) is 12.4. The molecule has 51 heavy (non-hydrogen) atoms. The van der Waals surface area contributed by atoms with Gasteiger partial charge >= 0.3 is 0 Å². The highest BCUT2D eigenvalue weighted by molar-refractivity contribution is 7.20. The molecule has 0 fully saturated rings. The summed E-state index contributed by atoms with van der Waals surface area (Å²) in [5.41, 5.74) is 10.0. The van der Waals surface area contributed by atoms with Crippen molar-refractivity contribution in [3.63, 3.8) is 0 Å². The second-order valence-electron chi connectivity index (χ2n) is 13.2. The maximum absolute atomic E-state index is 5.37. The molecule has 0 saturated carbocycles. The van der Waals surface area contributed by atoms with Gasteiger partial charge in [0, 0.05) is 50.6 Å². The molecule has 0 bridgehead atoms. The van der Waals surface area contributed by atoms with E-state index in [9.17, 15) is 0 Å². The number of thiophene rings is 1. The van der Waals surface area contributed by atoms with Crippen molar-refractivity contribution in [3.05, 3.63) is 161 Å². The van der Waals surface area contributed by atoms with Gasteiger partial charge in [-0.1, -0.05) is 103 Å². The van der Waals surface area contributed by atoms with Gasteiger partial charge in [0.2, 0.25) is 5.95 Å². The van der Waals surface area contributed by atoms with Crippen molar-refractivity contribution in [2.45, 2.75) is 25.4 Å². The summed E-state index contributed by atoms with van der Waals surface area (Å²) < 4.78 is 3.37. The summed E-state index contributed by atoms with van der Waals surface area (Å²) in [6.07, 6.45) is 16.2. The van der Waals surface area contributed by atoms with Crippen LogP contribution in [0.3, 0.4) is 0 Å². The van der Waals surface area contributed by atoms with Gasteiger partial charge in [-0.05, 0) is 67.3 Å². The lowest BCUT2D eigenvalue weighted by atomic mass is 9.94. The third-order valence-electron chi connectivity index (χ3n) is 10.1. The van der Waals surface area contributed by atoms with Gasteiger partial charge in [-0.15, -0.1) is 11.3 Å². The minimum Gasteiger partial charge on any atom is -0.348 e. The highest BCUT2D eigenvalue weighted by Gasteiger charge is 2.30. The Balaban J connectivity index is 1.04. The predicted octanol–water partition coefficient (Wildman–Crippen LogP) is 10.7. The molecule has 1 N–H and O–H groups in total. The van der Waals surface area contributed by atoms with E-state index in [1.165, 1.54) is 10.4 Å². The van der Waals surface area contributed by atoms with Gasteiger partial charge in [0.15, 0.2) is 0 Å². The molecule has 3 aliphatic rings. The number of nitrogens with one attached hydrogen (secondary N) is 1. The van der Waals surface area contributed by atoms with E-state index in [0.29, 0.717) is 5.95 Å². The number of rotatable bonds is 6. The molecule has 4 aromatic carbocycles. The number of benzene rings is 4. The van der Waals surface area contributed by atoms with Crippen LogP contribution in [-0.4, -0.2) is 26.9 Å². The number of hydrogen-bond donors (Lipinski definition) is 1. The number of aromatic nitrogens is 3. The van der Waals surface area contributed by atoms with Crippen LogP contribution in [0.4, 0.5) is 17.2 Å². The molecule has 7 aromatic rings. The molecule has 0 saturated heterocycles. The molecular weight excluding hydrogens is 645 g/mol. The summed E-state index contributed by atoms with van der Waals surface area (Å²) in [5.74, 6) is 1.83. The Hall–Kier alpha value is -6.05. The molecule has 7 heteroatoms. The van der Waals surface area contributed by atoms with Gasteiger partial charge in [-0.3, -0.25) is 9.56 Å². The van der Waals surface area contributed by atoms with Crippen molar-refractivity contribution in [2.75, 3.05) is 10.2 Å². The van der Waals surface area contributed by atoms with Crippen molar-refractivity contribution < 1.29 is 0 Å². The fourth-order valence-corrected chi connectivity index (χ4v) is 8.87. The van der Waals surface area contributed by atoms with E-state index >= 15 is 0 Å². The zero-order valence-corrected chi connectivity index (χ0v) is 28.7. The average molecular weight is 679 g/mol. The van der Waals surface area contributed by atoms with E-state index in [-0.39, 0.29) is 12.1 Å². The van der Waals surface area contributed by atoms with Gasteiger partial charge in [0.1, 0.15) is 12.0 Å². The molecule has 6 nitrogen and oxygen atoms in total. The molecule has 246 valence electrons. The number of aliphatic imine (C=N–C) groups is 1. The Morgan fingerprint density at radius 2 is 1.51 bits per heavy atom. The lowest BCUT2D eigenvalue weighted by Gasteiger charge is -2.31. The first kappa shape index (κ1) is 29.8. The van der Waals surface area contributed by atoms with Gasteiger partial charge in [-0.2, -0.15) is 0 Å². The van der Waals surface area contributed by atoms with Crippen LogP contribution >= 0.6 is 11.3 Å². The molecule has 10 rings (SSSR count). The summed E-state index contributed by atoms with van der Waals surface area (Å²) in [5, 5.41) is 5.01. The fourth-order valence-electron chi connectivity index (χ4n) is 7.64. The van der Waals surface area contributed by atoms with E-state index in [1.807, 2.05) is 0 Å². The van der Waals surface area contributed by atoms with E-state index in [1.54, 1.807) is 11.3 Å². The molecule has 0 spiro atoms. The Labute approximate surface area is 300 Å². The summed E-state index contributed by atoms with van der Waals surface area (Å²) in [7, 11) is 0. The summed E-state index contributed by atoms with van der Waals surface area (Å²) in [6.45, 7) is 0. The summed E-state index contributed by atoms with van der Waals surface area (Å²) in [6, 6.07) is 40.2. The number of anilines is 3.